The minimum Gasteiger partial charge on any atom is -0.545 e. The average molecular weight is 531 g/mol. The molecule has 0 aliphatic rings. The summed E-state index contributed by atoms with van der Waals surface area (Å²) in [7, 11) is 0. The van der Waals surface area contributed by atoms with Gasteiger partial charge in [0.2, 0.25) is 0 Å². The first kappa shape index (κ1) is 35.6. The van der Waals surface area contributed by atoms with Crippen molar-refractivity contribution in [1.29, 1.82) is 0 Å². The van der Waals surface area contributed by atoms with Gasteiger partial charge >= 0.3 is 16.8 Å². The zero-order valence-corrected chi connectivity index (χ0v) is 19.4. The van der Waals surface area contributed by atoms with Crippen molar-refractivity contribution in [3.8, 4) is 22.3 Å². The molecular weight excluding hydrogens is 503 g/mol. The molecule has 2 aromatic carbocycles. The molecule has 0 atom stereocenters. The van der Waals surface area contributed by atoms with Crippen molar-refractivity contribution >= 4 is 11.9 Å². The smallest absolute Gasteiger partial charge is 0.545 e. The van der Waals surface area contributed by atoms with Gasteiger partial charge in [-0.15, -0.1) is 0 Å². The Morgan fingerprint density at radius 3 is 1.11 bits per heavy atom. The largest absolute Gasteiger partial charge is 2.00 e. The van der Waals surface area contributed by atoms with Crippen LogP contribution in [-0.4, -0.2) is 21.9 Å². The summed E-state index contributed by atoms with van der Waals surface area (Å²) in [5, 5.41) is 21.3. The van der Waals surface area contributed by atoms with Crippen molar-refractivity contribution < 1.29 is 58.5 Å². The quantitative estimate of drug-likeness (QED) is 0.285. The molecule has 0 spiro atoms. The van der Waals surface area contributed by atoms with E-state index >= 15 is 0 Å². The van der Waals surface area contributed by atoms with E-state index in [0.717, 1.165) is 22.3 Å². The fourth-order valence-corrected chi connectivity index (χ4v) is 2.74. The SMILES string of the molecule is O=C([O-])c1cccc(-c2ccncc2)c1.O=C([O-])c1cccc(-c2ccncc2)c1.[Co+2].[OH3+].[OH3+].[OH3+].[OH3+]. The third-order valence-electron chi connectivity index (χ3n) is 4.22. The summed E-state index contributed by atoms with van der Waals surface area (Å²) >= 11 is 0. The van der Waals surface area contributed by atoms with Crippen LogP contribution >= 0.6 is 0 Å². The topological polar surface area (TPSA) is 238 Å². The Labute approximate surface area is 211 Å². The third kappa shape index (κ3) is 10.2. The zero-order valence-electron chi connectivity index (χ0n) is 18.4. The molecule has 187 valence electrons. The number of aromatic nitrogens is 2. The molecule has 0 aliphatic carbocycles. The Bertz CT molecular complexity index is 1070. The fraction of sp³-hybridized carbons (Fsp3) is 0. The van der Waals surface area contributed by atoms with Crippen LogP contribution in [0, 0.1) is 0 Å². The maximum Gasteiger partial charge on any atom is 2.00 e. The molecular formula is C24H28CoN2O8+4. The first-order valence-corrected chi connectivity index (χ1v) is 8.98. The van der Waals surface area contributed by atoms with Crippen LogP contribution in [0.25, 0.3) is 22.3 Å². The fourth-order valence-electron chi connectivity index (χ4n) is 2.74. The van der Waals surface area contributed by atoms with Gasteiger partial charge < -0.3 is 41.7 Å². The summed E-state index contributed by atoms with van der Waals surface area (Å²) in [6.07, 6.45) is 6.67. The minimum atomic E-state index is -1.16. The zero-order chi connectivity index (χ0) is 21.3. The van der Waals surface area contributed by atoms with Crippen molar-refractivity contribution in [1.82, 2.24) is 9.97 Å². The van der Waals surface area contributed by atoms with Crippen LogP contribution in [0.2, 0.25) is 0 Å². The van der Waals surface area contributed by atoms with E-state index in [4.69, 9.17) is 0 Å². The van der Waals surface area contributed by atoms with E-state index in [9.17, 15) is 19.8 Å². The molecule has 0 unspecified atom stereocenters. The Morgan fingerprint density at radius 1 is 0.514 bits per heavy atom. The maximum atomic E-state index is 10.7. The molecule has 0 aliphatic heterocycles. The number of carbonyl (C=O) groups is 2. The van der Waals surface area contributed by atoms with Gasteiger partial charge in [-0.3, -0.25) is 9.97 Å². The molecule has 12 N–H and O–H groups in total. The Kier molecular flexibility index (Phi) is 17.8. The molecule has 0 saturated carbocycles. The minimum absolute atomic E-state index is 0. The van der Waals surface area contributed by atoms with Gasteiger partial charge in [0, 0.05) is 24.8 Å². The number of nitrogens with zero attached hydrogens (tertiary/aromatic N) is 2. The molecule has 4 rings (SSSR count). The van der Waals surface area contributed by atoms with E-state index in [1.54, 1.807) is 49.1 Å². The van der Waals surface area contributed by atoms with Crippen LogP contribution in [-0.2, 0) is 38.7 Å². The van der Waals surface area contributed by atoms with Crippen molar-refractivity contribution in [3.05, 3.63) is 109 Å². The summed E-state index contributed by atoms with van der Waals surface area (Å²) in [5.74, 6) is -2.32. The number of carboxylic acids is 2. The number of benzene rings is 2. The van der Waals surface area contributed by atoms with Crippen molar-refractivity contribution in [2.45, 2.75) is 0 Å². The van der Waals surface area contributed by atoms with Crippen molar-refractivity contribution in [3.63, 3.8) is 0 Å². The van der Waals surface area contributed by atoms with E-state index in [1.165, 1.54) is 12.1 Å². The Balaban J connectivity index is -0.000000512. The van der Waals surface area contributed by atoms with Gasteiger partial charge in [0.15, 0.2) is 0 Å². The van der Waals surface area contributed by atoms with Gasteiger partial charge in [0.1, 0.15) is 0 Å². The first-order valence-electron chi connectivity index (χ1n) is 8.98. The summed E-state index contributed by atoms with van der Waals surface area (Å²) in [6, 6.07) is 20.6. The van der Waals surface area contributed by atoms with Crippen molar-refractivity contribution in [2.75, 3.05) is 0 Å². The molecule has 2 aromatic heterocycles. The second-order valence-electron chi connectivity index (χ2n) is 6.21. The van der Waals surface area contributed by atoms with Gasteiger partial charge in [-0.25, -0.2) is 0 Å². The van der Waals surface area contributed by atoms with E-state index in [0.29, 0.717) is 0 Å². The van der Waals surface area contributed by atoms with Crippen LogP contribution in [0.5, 0.6) is 0 Å². The molecule has 1 radical (unpaired) electrons. The van der Waals surface area contributed by atoms with Crippen LogP contribution in [0.4, 0.5) is 0 Å². The van der Waals surface area contributed by atoms with E-state index in [2.05, 4.69) is 9.97 Å². The van der Waals surface area contributed by atoms with E-state index in [-0.39, 0.29) is 49.8 Å². The van der Waals surface area contributed by atoms with E-state index < -0.39 is 11.9 Å². The van der Waals surface area contributed by atoms with Crippen LogP contribution in [0.1, 0.15) is 20.7 Å². The van der Waals surface area contributed by atoms with Gasteiger partial charge in [-0.2, -0.15) is 0 Å². The van der Waals surface area contributed by atoms with Crippen molar-refractivity contribution in [2.24, 2.45) is 0 Å². The van der Waals surface area contributed by atoms with Gasteiger partial charge in [-0.05, 0) is 69.8 Å². The van der Waals surface area contributed by atoms with E-state index in [1.807, 2.05) is 36.4 Å². The number of pyridine rings is 2. The molecule has 10 nitrogen and oxygen atoms in total. The molecule has 0 fully saturated rings. The summed E-state index contributed by atoms with van der Waals surface area (Å²) < 4.78 is 0. The third-order valence-corrected chi connectivity index (χ3v) is 4.22. The number of carbonyl (C=O) groups excluding carboxylic acids is 2. The molecule has 0 amide bonds. The summed E-state index contributed by atoms with van der Waals surface area (Å²) in [5.41, 5.74) is 3.94. The second kappa shape index (κ2) is 17.5. The first-order chi connectivity index (χ1) is 14.5. The van der Waals surface area contributed by atoms with Gasteiger partial charge in [0.05, 0.1) is 11.9 Å². The molecule has 11 heteroatoms. The molecule has 0 saturated heterocycles. The number of carboxylic acid groups (broad SMARTS) is 2. The molecule has 4 aromatic rings. The predicted molar refractivity (Wildman–Crippen MR) is 127 cm³/mol. The normalized spacial score (nSPS) is 8.46. The maximum absolute atomic E-state index is 10.7. The Morgan fingerprint density at radius 2 is 0.829 bits per heavy atom. The number of aromatic carboxylic acids is 2. The van der Waals surface area contributed by atoms with Crippen LogP contribution in [0.3, 0.4) is 0 Å². The second-order valence-corrected chi connectivity index (χ2v) is 6.21. The number of rotatable bonds is 4. The predicted octanol–water partition coefficient (Wildman–Crippen LogP) is -1.47. The van der Waals surface area contributed by atoms with Gasteiger partial charge in [-0.1, -0.05) is 36.4 Å². The molecule has 35 heavy (non-hydrogen) atoms. The number of hydrogen-bond acceptors (Lipinski definition) is 6. The summed E-state index contributed by atoms with van der Waals surface area (Å²) in [6.45, 7) is 0. The summed E-state index contributed by atoms with van der Waals surface area (Å²) in [4.78, 5) is 29.1. The molecule has 0 bridgehead atoms. The number of hydrogen-bond donors (Lipinski definition) is 0. The monoisotopic (exact) mass is 531 g/mol. The van der Waals surface area contributed by atoms with Crippen LogP contribution in [0.15, 0.2) is 97.6 Å². The molecule has 2 heterocycles. The standard InChI is InChI=1S/2C12H9NO2.Co.4H2O/c2*14-12(15)11-3-1-2-10(8-11)9-4-6-13-7-5-9;;;;;/h2*1-8H,(H,14,15);;4*1H2/q;;+2;;;;/p+2. The average Bonchev–Trinajstić information content (AvgIpc) is 2.81. The van der Waals surface area contributed by atoms with Crippen LogP contribution < -0.4 is 10.2 Å². The Hall–Kier alpha value is -3.97. The van der Waals surface area contributed by atoms with Gasteiger partial charge in [0.25, 0.3) is 0 Å².